The summed E-state index contributed by atoms with van der Waals surface area (Å²) in [5.41, 5.74) is 1.58. The van der Waals surface area contributed by atoms with Crippen LogP contribution in [0.1, 0.15) is 24.0 Å². The molecule has 0 saturated heterocycles. The van der Waals surface area contributed by atoms with Gasteiger partial charge < -0.3 is 0 Å². The van der Waals surface area contributed by atoms with Gasteiger partial charge in [-0.25, -0.2) is 8.42 Å². The molecule has 2 rings (SSSR count). The Bertz CT molecular complexity index is 598. The number of nitrogens with zero attached hydrogens (tertiary/aromatic N) is 1. The van der Waals surface area contributed by atoms with Crippen LogP contribution in [0.2, 0.25) is 0 Å². The number of nitriles is 1. The highest BCUT2D eigenvalue weighted by Gasteiger charge is 2.34. The molecule has 4 nitrogen and oxygen atoms in total. The maximum atomic E-state index is 12.2. The Balaban J connectivity index is 2.30. The molecule has 1 aliphatic rings. The van der Waals surface area contributed by atoms with Gasteiger partial charge in [-0.1, -0.05) is 12.1 Å². The molecular weight excluding hydrogens is 248 g/mol. The van der Waals surface area contributed by atoms with Crippen molar-refractivity contribution in [2.24, 2.45) is 5.92 Å². The van der Waals surface area contributed by atoms with Gasteiger partial charge in [0.15, 0.2) is 0 Å². The van der Waals surface area contributed by atoms with Crippen molar-refractivity contribution in [3.05, 3.63) is 29.3 Å². The van der Waals surface area contributed by atoms with Crippen LogP contribution in [0.3, 0.4) is 0 Å². The second-order valence-corrected chi connectivity index (χ2v) is 6.52. The molecule has 0 radical (unpaired) electrons. The third-order valence-corrected chi connectivity index (χ3v) is 4.73. The third kappa shape index (κ3) is 2.71. The normalized spacial score (nSPS) is 17.2. The molecule has 1 aromatic rings. The van der Waals surface area contributed by atoms with E-state index in [1.165, 1.54) is 0 Å². The predicted octanol–water partition coefficient (Wildman–Crippen LogP) is 1.88. The summed E-state index contributed by atoms with van der Waals surface area (Å²) >= 11 is 0. The zero-order valence-corrected chi connectivity index (χ0v) is 11.3. The molecule has 0 bridgehead atoms. The summed E-state index contributed by atoms with van der Waals surface area (Å²) in [7, 11) is -3.60. The van der Waals surface area contributed by atoms with E-state index >= 15 is 0 Å². The van der Waals surface area contributed by atoms with Crippen LogP contribution < -0.4 is 4.72 Å². The maximum absolute atomic E-state index is 12.2. The zero-order valence-electron chi connectivity index (χ0n) is 10.5. The Morgan fingerprint density at radius 3 is 2.61 bits per heavy atom. The molecule has 1 N–H and O–H groups in total. The van der Waals surface area contributed by atoms with E-state index in [0.29, 0.717) is 5.56 Å². The summed E-state index contributed by atoms with van der Waals surface area (Å²) in [6.07, 6.45) is 1.85. The van der Waals surface area contributed by atoms with Gasteiger partial charge in [0.05, 0.1) is 11.0 Å². The van der Waals surface area contributed by atoms with Crippen LogP contribution in [0.4, 0.5) is 0 Å². The van der Waals surface area contributed by atoms with E-state index in [-0.39, 0.29) is 10.8 Å². The van der Waals surface area contributed by atoms with E-state index in [4.69, 9.17) is 5.26 Å². The molecule has 0 heterocycles. The van der Waals surface area contributed by atoms with E-state index < -0.39 is 16.1 Å². The first-order valence-electron chi connectivity index (χ1n) is 5.93. The van der Waals surface area contributed by atoms with Gasteiger partial charge in [0.25, 0.3) is 0 Å². The van der Waals surface area contributed by atoms with E-state index in [0.717, 1.165) is 18.4 Å². The minimum absolute atomic E-state index is 0.176. The van der Waals surface area contributed by atoms with Crippen LogP contribution in [0.25, 0.3) is 0 Å². The van der Waals surface area contributed by atoms with Crippen molar-refractivity contribution in [3.8, 4) is 6.07 Å². The molecule has 1 saturated carbocycles. The fraction of sp³-hybridized carbons (Fsp3) is 0.462. The molecule has 0 amide bonds. The van der Waals surface area contributed by atoms with E-state index in [2.05, 4.69) is 4.72 Å². The van der Waals surface area contributed by atoms with Crippen molar-refractivity contribution in [2.75, 3.05) is 0 Å². The minimum Gasteiger partial charge on any atom is -0.207 e. The van der Waals surface area contributed by atoms with Gasteiger partial charge in [-0.05, 0) is 49.8 Å². The molecule has 1 unspecified atom stereocenters. The monoisotopic (exact) mass is 264 g/mol. The molecule has 18 heavy (non-hydrogen) atoms. The number of sulfonamides is 1. The van der Waals surface area contributed by atoms with E-state index in [1.54, 1.807) is 19.1 Å². The fourth-order valence-electron chi connectivity index (χ4n) is 1.89. The number of nitrogens with one attached hydrogen (secondary N) is 1. The molecule has 0 aromatic heterocycles. The van der Waals surface area contributed by atoms with Gasteiger partial charge in [-0.15, -0.1) is 0 Å². The smallest absolute Gasteiger partial charge is 0.207 e. The van der Waals surface area contributed by atoms with Crippen LogP contribution in [0.15, 0.2) is 23.1 Å². The number of rotatable bonds is 4. The molecule has 1 aromatic carbocycles. The average Bonchev–Trinajstić information content (AvgIpc) is 3.13. The highest BCUT2D eigenvalue weighted by atomic mass is 32.2. The van der Waals surface area contributed by atoms with Crippen molar-refractivity contribution in [2.45, 2.75) is 37.6 Å². The Morgan fingerprint density at radius 1 is 1.39 bits per heavy atom. The van der Waals surface area contributed by atoms with Crippen molar-refractivity contribution in [3.63, 3.8) is 0 Å². The lowest BCUT2D eigenvalue weighted by atomic mass is 10.2. The van der Waals surface area contributed by atoms with E-state index in [9.17, 15) is 8.42 Å². The lowest BCUT2D eigenvalue weighted by Crippen LogP contribution is -2.35. The summed E-state index contributed by atoms with van der Waals surface area (Å²) in [4.78, 5) is 0.267. The number of benzene rings is 1. The average molecular weight is 264 g/mol. The first-order chi connectivity index (χ1) is 8.44. The molecule has 0 aliphatic heterocycles. The first kappa shape index (κ1) is 13.1. The summed E-state index contributed by atoms with van der Waals surface area (Å²) < 4.78 is 27.0. The first-order valence-corrected chi connectivity index (χ1v) is 7.41. The van der Waals surface area contributed by atoms with Crippen LogP contribution in [0.5, 0.6) is 0 Å². The molecule has 1 aliphatic carbocycles. The largest absolute Gasteiger partial charge is 0.242 e. The van der Waals surface area contributed by atoms with E-state index in [1.807, 2.05) is 19.1 Å². The molecule has 5 heteroatoms. The van der Waals surface area contributed by atoms with Crippen molar-refractivity contribution in [1.29, 1.82) is 5.26 Å². The standard InChI is InChI=1S/C13H16N2O2S/c1-9-3-4-10(2)13(7-9)18(16,17)15-12(8-14)11-5-6-11/h3-4,7,11-12,15H,5-6H2,1-2H3. The summed E-state index contributed by atoms with van der Waals surface area (Å²) in [5, 5.41) is 8.99. The van der Waals surface area contributed by atoms with Gasteiger partial charge >= 0.3 is 0 Å². The quantitative estimate of drug-likeness (QED) is 0.902. The summed E-state index contributed by atoms with van der Waals surface area (Å²) in [6.45, 7) is 3.60. The summed E-state index contributed by atoms with van der Waals surface area (Å²) in [5.74, 6) is 0.176. The second kappa shape index (κ2) is 4.71. The Morgan fingerprint density at radius 2 is 2.06 bits per heavy atom. The Labute approximate surface area is 108 Å². The molecule has 96 valence electrons. The van der Waals surface area contributed by atoms with Gasteiger partial charge in [-0.2, -0.15) is 9.98 Å². The molecule has 0 spiro atoms. The Kier molecular flexibility index (Phi) is 3.42. The van der Waals surface area contributed by atoms with Crippen LogP contribution in [-0.2, 0) is 10.0 Å². The van der Waals surface area contributed by atoms with Gasteiger partial charge in [0.1, 0.15) is 6.04 Å². The van der Waals surface area contributed by atoms with Crippen molar-refractivity contribution >= 4 is 10.0 Å². The van der Waals surface area contributed by atoms with Crippen molar-refractivity contribution < 1.29 is 8.42 Å². The lowest BCUT2D eigenvalue weighted by molar-refractivity contribution is 0.559. The van der Waals surface area contributed by atoms with Gasteiger partial charge in [0.2, 0.25) is 10.0 Å². The van der Waals surface area contributed by atoms with Crippen LogP contribution in [0, 0.1) is 31.1 Å². The summed E-state index contributed by atoms with van der Waals surface area (Å²) in [6, 6.07) is 6.72. The third-order valence-electron chi connectivity index (χ3n) is 3.15. The highest BCUT2D eigenvalue weighted by molar-refractivity contribution is 7.89. The maximum Gasteiger partial charge on any atom is 0.242 e. The van der Waals surface area contributed by atoms with Crippen molar-refractivity contribution in [1.82, 2.24) is 4.72 Å². The van der Waals surface area contributed by atoms with Gasteiger partial charge in [-0.3, -0.25) is 0 Å². The van der Waals surface area contributed by atoms with Crippen LogP contribution in [-0.4, -0.2) is 14.5 Å². The SMILES string of the molecule is Cc1ccc(C)c(S(=O)(=O)NC(C#N)C2CC2)c1. The second-order valence-electron chi connectivity index (χ2n) is 4.83. The fourth-order valence-corrected chi connectivity index (χ4v) is 3.42. The zero-order chi connectivity index (χ0) is 13.3. The number of hydrogen-bond donors (Lipinski definition) is 1. The molecule has 1 atom stereocenters. The minimum atomic E-state index is -3.60. The van der Waals surface area contributed by atoms with Gasteiger partial charge in [0, 0.05) is 0 Å². The molecule has 1 fully saturated rings. The van der Waals surface area contributed by atoms with Crippen LogP contribution >= 0.6 is 0 Å². The Hall–Kier alpha value is -1.38. The predicted molar refractivity (Wildman–Crippen MR) is 68.4 cm³/mol. The highest BCUT2D eigenvalue weighted by Crippen LogP contribution is 2.33. The topological polar surface area (TPSA) is 70.0 Å². The number of hydrogen-bond acceptors (Lipinski definition) is 3. The molecular formula is C13H16N2O2S. The number of aryl methyl sites for hydroxylation is 2. The lowest BCUT2D eigenvalue weighted by Gasteiger charge is -2.13.